The quantitative estimate of drug-likeness (QED) is 0.870. The normalized spacial score (nSPS) is 14.7. The third-order valence-corrected chi connectivity index (χ3v) is 7.58. The molecule has 1 aromatic heterocycles. The minimum Gasteiger partial charge on any atom is -0.312 e. The van der Waals surface area contributed by atoms with Gasteiger partial charge in [-0.2, -0.15) is 4.31 Å². The standard InChI is InChI=1S/C15H28N2O2S2/c1-8-16-10-13-11(2)9-14(20-13)21(18,19)17(7)12(3)15(4,5)6/h9,12,16H,8,10H2,1-7H3. The van der Waals surface area contributed by atoms with Gasteiger partial charge in [0.15, 0.2) is 0 Å². The maximum absolute atomic E-state index is 12.8. The Morgan fingerprint density at radius 1 is 1.38 bits per heavy atom. The minimum absolute atomic E-state index is 0.0675. The second kappa shape index (κ2) is 6.77. The smallest absolute Gasteiger partial charge is 0.252 e. The molecule has 122 valence electrons. The van der Waals surface area contributed by atoms with Crippen molar-refractivity contribution in [1.29, 1.82) is 0 Å². The van der Waals surface area contributed by atoms with Gasteiger partial charge < -0.3 is 5.32 Å². The molecule has 21 heavy (non-hydrogen) atoms. The summed E-state index contributed by atoms with van der Waals surface area (Å²) in [5.74, 6) is 0. The van der Waals surface area contributed by atoms with Crippen LogP contribution in [0.25, 0.3) is 0 Å². The lowest BCUT2D eigenvalue weighted by molar-refractivity contribution is 0.217. The van der Waals surface area contributed by atoms with E-state index in [1.165, 1.54) is 15.6 Å². The fraction of sp³-hybridized carbons (Fsp3) is 0.733. The molecule has 1 rings (SSSR count). The van der Waals surface area contributed by atoms with Gasteiger partial charge in [0.05, 0.1) is 0 Å². The number of thiophene rings is 1. The molecular weight excluding hydrogens is 304 g/mol. The molecule has 0 aliphatic carbocycles. The summed E-state index contributed by atoms with van der Waals surface area (Å²) in [6.45, 7) is 13.7. The van der Waals surface area contributed by atoms with Crippen LogP contribution in [-0.2, 0) is 16.6 Å². The molecule has 1 heterocycles. The third-order valence-electron chi connectivity index (χ3n) is 3.97. The van der Waals surface area contributed by atoms with Crippen molar-refractivity contribution in [3.63, 3.8) is 0 Å². The Morgan fingerprint density at radius 3 is 2.43 bits per heavy atom. The van der Waals surface area contributed by atoms with Gasteiger partial charge in [-0.3, -0.25) is 0 Å². The summed E-state index contributed by atoms with van der Waals surface area (Å²) in [5, 5.41) is 3.25. The predicted octanol–water partition coefficient (Wildman–Crippen LogP) is 3.22. The molecule has 0 aliphatic rings. The highest BCUT2D eigenvalue weighted by Crippen LogP contribution is 2.32. The second-order valence-corrected chi connectivity index (χ2v) is 9.88. The van der Waals surface area contributed by atoms with Gasteiger partial charge in [-0.1, -0.05) is 27.7 Å². The molecular formula is C15H28N2O2S2. The fourth-order valence-corrected chi connectivity index (χ4v) is 5.22. The first kappa shape index (κ1) is 18.6. The first-order valence-electron chi connectivity index (χ1n) is 7.29. The molecule has 0 aromatic carbocycles. The molecule has 0 radical (unpaired) electrons. The van der Waals surface area contributed by atoms with Crippen LogP contribution in [0, 0.1) is 12.3 Å². The highest BCUT2D eigenvalue weighted by atomic mass is 32.2. The number of nitrogens with one attached hydrogen (secondary N) is 1. The number of rotatable bonds is 6. The third kappa shape index (κ3) is 4.28. The molecule has 0 saturated heterocycles. The average Bonchev–Trinajstić information content (AvgIpc) is 2.75. The van der Waals surface area contributed by atoms with Crippen molar-refractivity contribution in [2.75, 3.05) is 13.6 Å². The topological polar surface area (TPSA) is 49.4 Å². The van der Waals surface area contributed by atoms with Crippen LogP contribution in [-0.4, -0.2) is 32.4 Å². The van der Waals surface area contributed by atoms with Gasteiger partial charge in [-0.15, -0.1) is 11.3 Å². The van der Waals surface area contributed by atoms with E-state index in [4.69, 9.17) is 0 Å². The van der Waals surface area contributed by atoms with Crippen LogP contribution in [0.5, 0.6) is 0 Å². The maximum atomic E-state index is 12.8. The van der Waals surface area contributed by atoms with Crippen LogP contribution in [0.15, 0.2) is 10.3 Å². The summed E-state index contributed by atoms with van der Waals surface area (Å²) in [5.41, 5.74) is 0.942. The minimum atomic E-state index is -3.42. The number of hydrogen-bond donors (Lipinski definition) is 1. The van der Waals surface area contributed by atoms with Crippen LogP contribution >= 0.6 is 11.3 Å². The highest BCUT2D eigenvalue weighted by molar-refractivity contribution is 7.91. The SMILES string of the molecule is CCNCc1sc(S(=O)(=O)N(C)C(C)C(C)(C)C)cc1C. The zero-order valence-electron chi connectivity index (χ0n) is 14.1. The van der Waals surface area contributed by atoms with E-state index in [-0.39, 0.29) is 11.5 Å². The number of hydrogen-bond acceptors (Lipinski definition) is 4. The Bertz CT molecular complexity index is 571. The van der Waals surface area contributed by atoms with Gasteiger partial charge in [-0.25, -0.2) is 8.42 Å². The van der Waals surface area contributed by atoms with Crippen LogP contribution in [0.2, 0.25) is 0 Å². The summed E-state index contributed by atoms with van der Waals surface area (Å²) >= 11 is 1.37. The van der Waals surface area contributed by atoms with Gasteiger partial charge in [0.25, 0.3) is 10.0 Å². The highest BCUT2D eigenvalue weighted by Gasteiger charge is 2.33. The van der Waals surface area contributed by atoms with E-state index in [0.29, 0.717) is 4.21 Å². The number of aryl methyl sites for hydroxylation is 1. The van der Waals surface area contributed by atoms with Crippen molar-refractivity contribution in [1.82, 2.24) is 9.62 Å². The van der Waals surface area contributed by atoms with E-state index in [1.807, 2.05) is 20.8 Å². The van der Waals surface area contributed by atoms with E-state index in [0.717, 1.165) is 23.5 Å². The summed E-state index contributed by atoms with van der Waals surface area (Å²) < 4.78 is 27.5. The zero-order chi connectivity index (χ0) is 16.4. The van der Waals surface area contributed by atoms with Crippen LogP contribution in [0.1, 0.15) is 45.1 Å². The summed E-state index contributed by atoms with van der Waals surface area (Å²) in [4.78, 5) is 1.09. The zero-order valence-corrected chi connectivity index (χ0v) is 15.8. The van der Waals surface area contributed by atoms with Crippen LogP contribution in [0.4, 0.5) is 0 Å². The lowest BCUT2D eigenvalue weighted by Gasteiger charge is -2.34. The van der Waals surface area contributed by atoms with E-state index in [1.54, 1.807) is 13.1 Å². The lowest BCUT2D eigenvalue weighted by Crippen LogP contribution is -2.42. The van der Waals surface area contributed by atoms with E-state index in [9.17, 15) is 8.42 Å². The Hall–Kier alpha value is -0.430. The molecule has 1 N–H and O–H groups in total. The van der Waals surface area contributed by atoms with Crippen LogP contribution < -0.4 is 5.32 Å². The van der Waals surface area contributed by atoms with Gasteiger partial charge in [0, 0.05) is 24.5 Å². The van der Waals surface area contributed by atoms with E-state index < -0.39 is 10.0 Å². The van der Waals surface area contributed by atoms with Gasteiger partial charge in [0.2, 0.25) is 0 Å². The molecule has 1 unspecified atom stereocenters. The molecule has 0 fully saturated rings. The summed E-state index contributed by atoms with van der Waals surface area (Å²) in [7, 11) is -1.75. The number of sulfonamides is 1. The Labute approximate surface area is 133 Å². The van der Waals surface area contributed by atoms with Gasteiger partial charge >= 0.3 is 0 Å². The van der Waals surface area contributed by atoms with Crippen molar-refractivity contribution >= 4 is 21.4 Å². The van der Waals surface area contributed by atoms with Gasteiger partial charge in [-0.05, 0) is 37.4 Å². The molecule has 1 atom stereocenters. The van der Waals surface area contributed by atoms with Crippen molar-refractivity contribution in [2.24, 2.45) is 5.41 Å². The Kier molecular flexibility index (Phi) is 6.00. The van der Waals surface area contributed by atoms with E-state index in [2.05, 4.69) is 26.1 Å². The van der Waals surface area contributed by atoms with Crippen molar-refractivity contribution < 1.29 is 8.42 Å². The fourth-order valence-electron chi connectivity index (χ4n) is 1.93. The van der Waals surface area contributed by atoms with Crippen LogP contribution in [0.3, 0.4) is 0 Å². The molecule has 4 nitrogen and oxygen atoms in total. The Morgan fingerprint density at radius 2 is 1.95 bits per heavy atom. The molecule has 0 amide bonds. The largest absolute Gasteiger partial charge is 0.312 e. The molecule has 0 spiro atoms. The van der Waals surface area contributed by atoms with Gasteiger partial charge in [0.1, 0.15) is 4.21 Å². The molecule has 0 aliphatic heterocycles. The monoisotopic (exact) mass is 332 g/mol. The molecule has 6 heteroatoms. The van der Waals surface area contributed by atoms with Crippen molar-refractivity contribution in [2.45, 2.75) is 58.3 Å². The molecule has 0 saturated carbocycles. The predicted molar refractivity (Wildman–Crippen MR) is 90.3 cm³/mol. The Balaban J connectivity index is 3.08. The second-order valence-electron chi connectivity index (χ2n) is 6.52. The van der Waals surface area contributed by atoms with E-state index >= 15 is 0 Å². The summed E-state index contributed by atoms with van der Waals surface area (Å²) in [6.07, 6.45) is 0. The molecule has 0 bridgehead atoms. The lowest BCUT2D eigenvalue weighted by atomic mass is 9.88. The van der Waals surface area contributed by atoms with Crippen molar-refractivity contribution in [3.05, 3.63) is 16.5 Å². The van der Waals surface area contributed by atoms with Crippen molar-refractivity contribution in [3.8, 4) is 0 Å². The average molecular weight is 333 g/mol. The maximum Gasteiger partial charge on any atom is 0.252 e. The first-order valence-corrected chi connectivity index (χ1v) is 9.55. The summed E-state index contributed by atoms with van der Waals surface area (Å²) in [6, 6.07) is 1.72. The number of nitrogens with zero attached hydrogens (tertiary/aromatic N) is 1. The molecule has 1 aromatic rings. The first-order chi connectivity index (χ1) is 9.51.